The third-order valence-electron chi connectivity index (χ3n) is 4.71. The van der Waals surface area contributed by atoms with Gasteiger partial charge in [0.15, 0.2) is 0 Å². The maximum atomic E-state index is 11.5. The molecule has 0 aromatic carbocycles. The molecule has 0 fully saturated rings. The molecule has 0 aliphatic heterocycles. The van der Waals surface area contributed by atoms with E-state index in [9.17, 15) is 9.90 Å². The molecule has 2 nitrogen and oxygen atoms in total. The van der Waals surface area contributed by atoms with Gasteiger partial charge in [-0.1, -0.05) is 59.3 Å². The third-order valence-corrected chi connectivity index (χ3v) is 4.71. The fourth-order valence-electron chi connectivity index (χ4n) is 2.52. The average Bonchev–Trinajstić information content (AvgIpc) is 2.31. The lowest BCUT2D eigenvalue weighted by Gasteiger charge is -2.42. The third kappa shape index (κ3) is 4.62. The molecule has 2 heteroatoms. The number of rotatable bonds is 10. The first-order chi connectivity index (χ1) is 8.31. The van der Waals surface area contributed by atoms with Gasteiger partial charge in [0.1, 0.15) is 0 Å². The van der Waals surface area contributed by atoms with E-state index in [2.05, 4.69) is 20.8 Å². The molecule has 0 aliphatic carbocycles. The molecule has 0 heterocycles. The van der Waals surface area contributed by atoms with Crippen molar-refractivity contribution in [3.63, 3.8) is 0 Å². The van der Waals surface area contributed by atoms with Gasteiger partial charge in [-0.2, -0.15) is 0 Å². The molecule has 0 aromatic rings. The fraction of sp³-hybridized carbons (Fsp3) is 0.938. The topological polar surface area (TPSA) is 37.3 Å². The number of hydrogen-bond acceptors (Lipinski definition) is 1. The first-order valence-electron chi connectivity index (χ1n) is 7.55. The maximum Gasteiger partial charge on any atom is 0.309 e. The summed E-state index contributed by atoms with van der Waals surface area (Å²) in [5.41, 5.74) is -0.711. The van der Waals surface area contributed by atoms with Crippen LogP contribution in [0.4, 0.5) is 0 Å². The summed E-state index contributed by atoms with van der Waals surface area (Å²) >= 11 is 0. The molecule has 1 N–H and O–H groups in total. The van der Waals surface area contributed by atoms with Crippen molar-refractivity contribution in [2.45, 2.75) is 86.0 Å². The Balaban J connectivity index is 4.66. The van der Waals surface area contributed by atoms with Gasteiger partial charge in [-0.15, -0.1) is 0 Å². The van der Waals surface area contributed by atoms with E-state index in [1.807, 2.05) is 13.8 Å². The van der Waals surface area contributed by atoms with E-state index in [1.165, 1.54) is 19.3 Å². The summed E-state index contributed by atoms with van der Waals surface area (Å²) in [6.07, 6.45) is 9.20. The van der Waals surface area contributed by atoms with E-state index in [0.717, 1.165) is 32.1 Å². The molecule has 1 unspecified atom stereocenters. The molecule has 0 aliphatic rings. The van der Waals surface area contributed by atoms with Crippen molar-refractivity contribution in [2.24, 2.45) is 10.8 Å². The quantitative estimate of drug-likeness (QED) is 0.541. The van der Waals surface area contributed by atoms with E-state index >= 15 is 0 Å². The summed E-state index contributed by atoms with van der Waals surface area (Å²) in [5.74, 6) is -0.656. The van der Waals surface area contributed by atoms with Gasteiger partial charge in [-0.3, -0.25) is 4.79 Å². The second-order valence-electron chi connectivity index (χ2n) is 6.41. The summed E-state index contributed by atoms with van der Waals surface area (Å²) in [4.78, 5) is 11.5. The molecule has 0 bridgehead atoms. The van der Waals surface area contributed by atoms with Crippen LogP contribution >= 0.6 is 0 Å². The summed E-state index contributed by atoms with van der Waals surface area (Å²) in [7, 11) is 0. The predicted molar refractivity (Wildman–Crippen MR) is 77.8 cm³/mol. The van der Waals surface area contributed by atoms with Gasteiger partial charge in [0.2, 0.25) is 0 Å². The average molecular weight is 256 g/mol. The molecule has 0 spiro atoms. The molecular formula is C16H32O2. The molecule has 18 heavy (non-hydrogen) atoms. The van der Waals surface area contributed by atoms with E-state index < -0.39 is 11.4 Å². The fourth-order valence-corrected chi connectivity index (χ4v) is 2.52. The van der Waals surface area contributed by atoms with Crippen LogP contribution in [0.2, 0.25) is 0 Å². The normalized spacial score (nSPS) is 15.4. The van der Waals surface area contributed by atoms with Crippen LogP contribution in [-0.2, 0) is 4.79 Å². The Morgan fingerprint density at radius 2 is 1.39 bits per heavy atom. The van der Waals surface area contributed by atoms with Crippen molar-refractivity contribution in [1.29, 1.82) is 0 Å². The Hall–Kier alpha value is -0.530. The predicted octanol–water partition coefficient (Wildman–Crippen LogP) is 5.26. The highest BCUT2D eigenvalue weighted by molar-refractivity contribution is 5.74. The van der Waals surface area contributed by atoms with Crippen LogP contribution in [0.25, 0.3) is 0 Å². The largest absolute Gasteiger partial charge is 0.481 e. The number of carboxylic acid groups (broad SMARTS) is 1. The molecule has 0 saturated heterocycles. The van der Waals surface area contributed by atoms with Crippen LogP contribution < -0.4 is 0 Å². The van der Waals surface area contributed by atoms with Gasteiger partial charge in [0, 0.05) is 0 Å². The highest BCUT2D eigenvalue weighted by Gasteiger charge is 2.45. The van der Waals surface area contributed by atoms with Crippen LogP contribution in [0.1, 0.15) is 86.0 Å². The Kier molecular flexibility index (Phi) is 7.58. The highest BCUT2D eigenvalue weighted by atomic mass is 16.4. The lowest BCUT2D eigenvalue weighted by molar-refractivity contribution is -0.155. The molecule has 108 valence electrons. The van der Waals surface area contributed by atoms with Crippen molar-refractivity contribution in [1.82, 2.24) is 0 Å². The summed E-state index contributed by atoms with van der Waals surface area (Å²) in [6.45, 7) is 10.3. The first-order valence-corrected chi connectivity index (χ1v) is 7.55. The second kappa shape index (κ2) is 7.81. The smallest absolute Gasteiger partial charge is 0.309 e. The van der Waals surface area contributed by atoms with E-state index in [1.54, 1.807) is 0 Å². The minimum absolute atomic E-state index is 0.0808. The lowest BCUT2D eigenvalue weighted by atomic mass is 9.61. The lowest BCUT2D eigenvalue weighted by Crippen LogP contribution is -2.41. The van der Waals surface area contributed by atoms with E-state index in [-0.39, 0.29) is 5.41 Å². The van der Waals surface area contributed by atoms with Crippen LogP contribution in [0.3, 0.4) is 0 Å². The minimum Gasteiger partial charge on any atom is -0.481 e. The van der Waals surface area contributed by atoms with E-state index in [4.69, 9.17) is 0 Å². The summed E-state index contributed by atoms with van der Waals surface area (Å²) in [5, 5.41) is 9.48. The van der Waals surface area contributed by atoms with Gasteiger partial charge in [-0.05, 0) is 32.1 Å². The number of carboxylic acids is 1. The van der Waals surface area contributed by atoms with Crippen molar-refractivity contribution in [3.05, 3.63) is 0 Å². The summed E-state index contributed by atoms with van der Waals surface area (Å²) < 4.78 is 0. The molecule has 0 aromatic heterocycles. The Labute approximate surface area is 113 Å². The van der Waals surface area contributed by atoms with Crippen molar-refractivity contribution in [3.8, 4) is 0 Å². The standard InChI is InChI=1S/C16H32O2/c1-6-8-10-11-13-16(5,12-9-7-2)15(3,4)14(17)18/h6-13H2,1-5H3,(H,17,18). The Bertz CT molecular complexity index is 245. The molecule has 0 amide bonds. The minimum atomic E-state index is -0.656. The van der Waals surface area contributed by atoms with Crippen LogP contribution in [-0.4, -0.2) is 11.1 Å². The van der Waals surface area contributed by atoms with Gasteiger partial charge >= 0.3 is 5.97 Å². The number of aliphatic carboxylic acids is 1. The van der Waals surface area contributed by atoms with Crippen molar-refractivity contribution < 1.29 is 9.90 Å². The molecule has 0 rings (SSSR count). The van der Waals surface area contributed by atoms with Crippen LogP contribution in [0.5, 0.6) is 0 Å². The first kappa shape index (κ1) is 17.5. The van der Waals surface area contributed by atoms with E-state index in [0.29, 0.717) is 0 Å². The van der Waals surface area contributed by atoms with Crippen LogP contribution in [0.15, 0.2) is 0 Å². The Morgan fingerprint density at radius 1 is 0.889 bits per heavy atom. The number of carbonyl (C=O) groups is 1. The second-order valence-corrected chi connectivity index (χ2v) is 6.41. The van der Waals surface area contributed by atoms with Crippen molar-refractivity contribution >= 4 is 5.97 Å². The number of hydrogen-bond donors (Lipinski definition) is 1. The van der Waals surface area contributed by atoms with Crippen molar-refractivity contribution in [2.75, 3.05) is 0 Å². The summed E-state index contributed by atoms with van der Waals surface area (Å²) in [6, 6.07) is 0. The zero-order valence-corrected chi connectivity index (χ0v) is 13.0. The van der Waals surface area contributed by atoms with Gasteiger partial charge in [0.05, 0.1) is 5.41 Å². The van der Waals surface area contributed by atoms with Gasteiger partial charge in [0.25, 0.3) is 0 Å². The number of unbranched alkanes of at least 4 members (excludes halogenated alkanes) is 4. The van der Waals surface area contributed by atoms with Gasteiger partial charge < -0.3 is 5.11 Å². The van der Waals surface area contributed by atoms with Crippen LogP contribution in [0, 0.1) is 10.8 Å². The zero-order valence-electron chi connectivity index (χ0n) is 13.0. The monoisotopic (exact) mass is 256 g/mol. The SMILES string of the molecule is CCCCCCC(C)(CCCC)C(C)(C)C(=O)O. The highest BCUT2D eigenvalue weighted by Crippen LogP contribution is 2.47. The maximum absolute atomic E-state index is 11.5. The Morgan fingerprint density at radius 3 is 1.83 bits per heavy atom. The zero-order chi connectivity index (χ0) is 14.2. The van der Waals surface area contributed by atoms with Gasteiger partial charge in [-0.25, -0.2) is 0 Å². The molecular weight excluding hydrogens is 224 g/mol. The molecule has 0 radical (unpaired) electrons. The molecule has 1 atom stereocenters. The molecule has 0 saturated carbocycles.